The monoisotopic (exact) mass is 431 g/mol. The number of para-hydroxylation sites is 1. The molecule has 2 N–H and O–H groups in total. The Morgan fingerprint density at radius 2 is 1.81 bits per heavy atom. The largest absolute Gasteiger partial charge is 0.462 e. The van der Waals surface area contributed by atoms with Crippen LogP contribution in [0.4, 0.5) is 13.2 Å². The van der Waals surface area contributed by atoms with Gasteiger partial charge in [-0.25, -0.2) is 9.59 Å². The van der Waals surface area contributed by atoms with Gasteiger partial charge in [0.2, 0.25) is 5.88 Å². The molecule has 0 saturated carbocycles. The predicted octanol–water partition coefficient (Wildman–Crippen LogP) is 4.07. The molecule has 160 valence electrons. The summed E-state index contributed by atoms with van der Waals surface area (Å²) in [5.74, 6) is -2.19. The Kier molecular flexibility index (Phi) is 4.96. The molecule has 0 unspecified atom stereocenters. The number of carbonyl (C=O) groups is 1. The van der Waals surface area contributed by atoms with Gasteiger partial charge in [0.15, 0.2) is 5.75 Å². The molecule has 4 rings (SSSR count). The SMILES string of the molecule is CCOC(=O)C1=C(N)Oc2c(c(=O)oc3ccccc23)[C@H]1c1ccc(C(F)(F)F)cc1. The summed E-state index contributed by atoms with van der Waals surface area (Å²) >= 11 is 0. The highest BCUT2D eigenvalue weighted by Crippen LogP contribution is 2.44. The van der Waals surface area contributed by atoms with Crippen molar-refractivity contribution in [2.75, 3.05) is 6.61 Å². The molecule has 1 aliphatic heterocycles. The van der Waals surface area contributed by atoms with Crippen LogP contribution in [0.2, 0.25) is 0 Å². The zero-order valence-corrected chi connectivity index (χ0v) is 16.2. The molecule has 0 saturated heterocycles. The minimum Gasteiger partial charge on any atom is -0.462 e. The van der Waals surface area contributed by atoms with E-state index in [1.54, 1.807) is 31.2 Å². The van der Waals surface area contributed by atoms with Gasteiger partial charge in [-0.05, 0) is 36.8 Å². The Labute approximate surface area is 173 Å². The van der Waals surface area contributed by atoms with Gasteiger partial charge in [-0.3, -0.25) is 0 Å². The number of carbonyl (C=O) groups excluding carboxylic acids is 1. The number of hydrogen-bond acceptors (Lipinski definition) is 6. The number of alkyl halides is 3. The molecular formula is C22H16F3NO5. The summed E-state index contributed by atoms with van der Waals surface area (Å²) in [7, 11) is 0. The van der Waals surface area contributed by atoms with E-state index in [1.165, 1.54) is 12.1 Å². The van der Waals surface area contributed by atoms with Crippen LogP contribution < -0.4 is 16.1 Å². The Hall–Kier alpha value is -3.75. The summed E-state index contributed by atoms with van der Waals surface area (Å²) in [5.41, 5.74) is 4.61. The fraction of sp³-hybridized carbons (Fsp3) is 0.182. The number of nitrogens with two attached hydrogens (primary N) is 1. The number of rotatable bonds is 3. The lowest BCUT2D eigenvalue weighted by Gasteiger charge is -2.28. The topological polar surface area (TPSA) is 91.8 Å². The van der Waals surface area contributed by atoms with Crippen LogP contribution >= 0.6 is 0 Å². The number of benzene rings is 2. The lowest BCUT2D eigenvalue weighted by atomic mass is 9.83. The van der Waals surface area contributed by atoms with E-state index < -0.39 is 29.3 Å². The summed E-state index contributed by atoms with van der Waals surface area (Å²) in [6.45, 7) is 1.61. The van der Waals surface area contributed by atoms with Crippen molar-refractivity contribution in [2.45, 2.75) is 19.0 Å². The molecule has 2 heterocycles. The van der Waals surface area contributed by atoms with Crippen molar-refractivity contribution in [1.82, 2.24) is 0 Å². The molecule has 6 nitrogen and oxygen atoms in total. The van der Waals surface area contributed by atoms with Gasteiger partial charge in [-0.2, -0.15) is 13.2 Å². The summed E-state index contributed by atoms with van der Waals surface area (Å²) in [6.07, 6.45) is -4.54. The van der Waals surface area contributed by atoms with E-state index in [2.05, 4.69) is 0 Å². The minimum atomic E-state index is -4.54. The van der Waals surface area contributed by atoms with E-state index >= 15 is 0 Å². The normalized spacial score (nSPS) is 16.1. The molecule has 1 atom stereocenters. The zero-order chi connectivity index (χ0) is 22.3. The number of esters is 1. The van der Waals surface area contributed by atoms with Crippen molar-refractivity contribution in [3.05, 3.63) is 87.1 Å². The first kappa shape index (κ1) is 20.5. The minimum absolute atomic E-state index is 0.0224. The highest BCUT2D eigenvalue weighted by atomic mass is 19.4. The van der Waals surface area contributed by atoms with Crippen LogP contribution in [-0.4, -0.2) is 12.6 Å². The smallest absolute Gasteiger partial charge is 0.416 e. The fourth-order valence-corrected chi connectivity index (χ4v) is 3.57. The average molecular weight is 431 g/mol. The molecule has 1 aliphatic rings. The molecule has 0 fully saturated rings. The van der Waals surface area contributed by atoms with E-state index in [9.17, 15) is 22.8 Å². The third-order valence-corrected chi connectivity index (χ3v) is 4.92. The number of hydrogen-bond donors (Lipinski definition) is 1. The van der Waals surface area contributed by atoms with E-state index in [0.29, 0.717) is 5.39 Å². The average Bonchev–Trinajstić information content (AvgIpc) is 2.72. The lowest BCUT2D eigenvalue weighted by molar-refractivity contribution is -0.139. The van der Waals surface area contributed by atoms with E-state index in [0.717, 1.165) is 12.1 Å². The lowest BCUT2D eigenvalue weighted by Crippen LogP contribution is -2.31. The molecule has 0 aliphatic carbocycles. The second-order valence-corrected chi connectivity index (χ2v) is 6.78. The molecule has 0 spiro atoms. The van der Waals surface area contributed by atoms with E-state index in [4.69, 9.17) is 19.6 Å². The summed E-state index contributed by atoms with van der Waals surface area (Å²) in [6, 6.07) is 10.7. The van der Waals surface area contributed by atoms with Crippen molar-refractivity contribution < 1.29 is 31.9 Å². The molecule has 0 bridgehead atoms. The molecular weight excluding hydrogens is 415 g/mol. The fourth-order valence-electron chi connectivity index (χ4n) is 3.57. The molecule has 0 amide bonds. The first-order valence-electron chi connectivity index (χ1n) is 9.30. The predicted molar refractivity (Wildman–Crippen MR) is 104 cm³/mol. The van der Waals surface area contributed by atoms with Crippen LogP contribution in [0.1, 0.15) is 29.5 Å². The van der Waals surface area contributed by atoms with E-state index in [1.807, 2.05) is 0 Å². The van der Waals surface area contributed by atoms with Gasteiger partial charge in [0, 0.05) is 0 Å². The van der Waals surface area contributed by atoms with Gasteiger partial charge < -0.3 is 19.6 Å². The summed E-state index contributed by atoms with van der Waals surface area (Å²) < 4.78 is 55.1. The van der Waals surface area contributed by atoms with Crippen molar-refractivity contribution in [2.24, 2.45) is 5.73 Å². The van der Waals surface area contributed by atoms with Crippen LogP contribution in [0.15, 0.2) is 69.2 Å². The van der Waals surface area contributed by atoms with E-state index in [-0.39, 0.29) is 40.5 Å². The Balaban J connectivity index is 1.98. The maximum Gasteiger partial charge on any atom is 0.416 e. The second-order valence-electron chi connectivity index (χ2n) is 6.78. The highest BCUT2D eigenvalue weighted by Gasteiger charge is 2.40. The van der Waals surface area contributed by atoms with Crippen LogP contribution in [-0.2, 0) is 15.7 Å². The molecule has 9 heteroatoms. The van der Waals surface area contributed by atoms with Crippen LogP contribution in [0.5, 0.6) is 5.75 Å². The van der Waals surface area contributed by atoms with Crippen molar-refractivity contribution in [1.29, 1.82) is 0 Å². The van der Waals surface area contributed by atoms with Crippen molar-refractivity contribution in [3.63, 3.8) is 0 Å². The summed E-state index contributed by atoms with van der Waals surface area (Å²) in [5, 5.41) is 0.430. The number of ether oxygens (including phenoxy) is 2. The standard InChI is InChI=1S/C22H16F3NO5/c1-2-29-20(27)17-15(11-7-9-12(10-8-11)22(23,24)25)16-18(31-19(17)26)13-5-3-4-6-14(13)30-21(16)28/h3-10,15H,2,26H2,1H3/t15-/m1/s1. The van der Waals surface area contributed by atoms with Crippen LogP contribution in [0.3, 0.4) is 0 Å². The maximum atomic E-state index is 13.0. The number of halogens is 3. The quantitative estimate of drug-likeness (QED) is 0.497. The third kappa shape index (κ3) is 3.52. The van der Waals surface area contributed by atoms with Crippen LogP contribution in [0.25, 0.3) is 11.0 Å². The third-order valence-electron chi connectivity index (χ3n) is 4.92. The first-order chi connectivity index (χ1) is 14.7. The van der Waals surface area contributed by atoms with Crippen molar-refractivity contribution >= 4 is 16.9 Å². The molecule has 0 radical (unpaired) electrons. The van der Waals surface area contributed by atoms with Crippen molar-refractivity contribution in [3.8, 4) is 5.75 Å². The Morgan fingerprint density at radius 1 is 1.13 bits per heavy atom. The zero-order valence-electron chi connectivity index (χ0n) is 16.2. The highest BCUT2D eigenvalue weighted by molar-refractivity contribution is 5.94. The van der Waals surface area contributed by atoms with Gasteiger partial charge >= 0.3 is 17.8 Å². The second kappa shape index (κ2) is 7.50. The van der Waals surface area contributed by atoms with Gasteiger partial charge in [-0.15, -0.1) is 0 Å². The molecule has 1 aromatic heterocycles. The number of fused-ring (bicyclic) bond motifs is 3. The first-order valence-corrected chi connectivity index (χ1v) is 9.30. The van der Waals surface area contributed by atoms with Gasteiger partial charge in [0.1, 0.15) is 11.2 Å². The van der Waals surface area contributed by atoms with Gasteiger partial charge in [0.25, 0.3) is 0 Å². The van der Waals surface area contributed by atoms with Crippen LogP contribution in [0, 0.1) is 0 Å². The molecule has 31 heavy (non-hydrogen) atoms. The Bertz CT molecular complexity index is 1260. The molecule has 3 aromatic rings. The Morgan fingerprint density at radius 3 is 2.45 bits per heavy atom. The summed E-state index contributed by atoms with van der Waals surface area (Å²) in [4.78, 5) is 25.5. The molecule has 2 aromatic carbocycles. The van der Waals surface area contributed by atoms with Gasteiger partial charge in [-0.1, -0.05) is 24.3 Å². The van der Waals surface area contributed by atoms with Gasteiger partial charge in [0.05, 0.1) is 29.0 Å². The maximum absolute atomic E-state index is 13.0.